The van der Waals surface area contributed by atoms with Crippen molar-refractivity contribution in [1.29, 1.82) is 0 Å². The summed E-state index contributed by atoms with van der Waals surface area (Å²) in [7, 11) is 0. The second kappa shape index (κ2) is 9.78. The van der Waals surface area contributed by atoms with Crippen molar-refractivity contribution in [3.8, 4) is 11.5 Å². The highest BCUT2D eigenvalue weighted by molar-refractivity contribution is 5.76. The molecule has 0 spiro atoms. The smallest absolute Gasteiger partial charge is 0.246 e. The summed E-state index contributed by atoms with van der Waals surface area (Å²) in [6.45, 7) is 2.17. The Morgan fingerprint density at radius 1 is 1.08 bits per heavy atom. The Balaban J connectivity index is 1.84. The molecule has 0 aliphatic heterocycles. The molecule has 0 bridgehead atoms. The quantitative estimate of drug-likeness (QED) is 0.414. The minimum Gasteiger partial charge on any atom is -0.457 e. The molecule has 4 N–H and O–H groups in total. The first kappa shape index (κ1) is 18.9. The largest absolute Gasteiger partial charge is 0.457 e. The molecule has 134 valence electrons. The zero-order valence-corrected chi connectivity index (χ0v) is 14.2. The summed E-state index contributed by atoms with van der Waals surface area (Å²) in [4.78, 5) is 11.3. The average molecular weight is 344 g/mol. The SMILES string of the molecule is C[C@@H](C[C@@H](CO)NCc1ccc(Oc2ccccc2)cc1)C(=O)NO. The zero-order valence-electron chi connectivity index (χ0n) is 14.2. The molecule has 0 fully saturated rings. The summed E-state index contributed by atoms with van der Waals surface area (Å²) in [6, 6.07) is 17.0. The highest BCUT2D eigenvalue weighted by Gasteiger charge is 2.17. The molecule has 0 unspecified atom stereocenters. The van der Waals surface area contributed by atoms with Crippen LogP contribution in [0.15, 0.2) is 54.6 Å². The number of hydrogen-bond acceptors (Lipinski definition) is 5. The summed E-state index contributed by atoms with van der Waals surface area (Å²) in [6.07, 6.45) is 0.429. The highest BCUT2D eigenvalue weighted by atomic mass is 16.5. The van der Waals surface area contributed by atoms with Crippen molar-refractivity contribution in [3.63, 3.8) is 0 Å². The molecule has 2 rings (SSSR count). The van der Waals surface area contributed by atoms with Crippen molar-refractivity contribution in [3.05, 3.63) is 60.2 Å². The lowest BCUT2D eigenvalue weighted by atomic mass is 10.0. The van der Waals surface area contributed by atoms with Crippen LogP contribution in [0.1, 0.15) is 18.9 Å². The van der Waals surface area contributed by atoms with Crippen molar-refractivity contribution in [2.45, 2.75) is 25.9 Å². The van der Waals surface area contributed by atoms with Crippen LogP contribution < -0.4 is 15.5 Å². The third-order valence-electron chi connectivity index (χ3n) is 3.91. The topological polar surface area (TPSA) is 90.8 Å². The average Bonchev–Trinajstić information content (AvgIpc) is 2.66. The van der Waals surface area contributed by atoms with Crippen molar-refractivity contribution < 1.29 is 19.8 Å². The van der Waals surface area contributed by atoms with E-state index in [2.05, 4.69) is 5.32 Å². The molecule has 2 atom stereocenters. The summed E-state index contributed by atoms with van der Waals surface area (Å²) in [5.41, 5.74) is 2.67. The number of hydroxylamine groups is 1. The van der Waals surface area contributed by atoms with E-state index in [1.807, 2.05) is 54.6 Å². The van der Waals surface area contributed by atoms with Crippen LogP contribution in [0.3, 0.4) is 0 Å². The molecule has 0 saturated heterocycles. The van der Waals surface area contributed by atoms with Gasteiger partial charge in [-0.15, -0.1) is 0 Å². The van der Waals surface area contributed by atoms with Gasteiger partial charge in [0.15, 0.2) is 0 Å². The van der Waals surface area contributed by atoms with Crippen LogP contribution in [0.4, 0.5) is 0 Å². The maximum atomic E-state index is 11.3. The molecule has 0 aliphatic carbocycles. The van der Waals surface area contributed by atoms with E-state index >= 15 is 0 Å². The standard InChI is InChI=1S/C19H24N2O4/c1-14(19(23)21-24)11-16(13-22)20-12-15-7-9-18(10-8-15)25-17-5-3-2-4-6-17/h2-10,14,16,20,22,24H,11-13H2,1H3,(H,21,23)/t14-,16-/m0/s1. The van der Waals surface area contributed by atoms with Crippen LogP contribution in [-0.2, 0) is 11.3 Å². The molecular weight excluding hydrogens is 320 g/mol. The molecule has 25 heavy (non-hydrogen) atoms. The van der Waals surface area contributed by atoms with Crippen molar-refractivity contribution in [2.75, 3.05) is 6.61 Å². The number of aliphatic hydroxyl groups excluding tert-OH is 1. The van der Waals surface area contributed by atoms with Gasteiger partial charge in [-0.2, -0.15) is 0 Å². The summed E-state index contributed by atoms with van der Waals surface area (Å²) < 4.78 is 5.74. The van der Waals surface area contributed by atoms with E-state index in [1.165, 1.54) is 0 Å². The molecule has 0 aliphatic rings. The fraction of sp³-hybridized carbons (Fsp3) is 0.316. The molecule has 2 aromatic rings. The first-order valence-electron chi connectivity index (χ1n) is 8.22. The second-order valence-corrected chi connectivity index (χ2v) is 5.93. The summed E-state index contributed by atoms with van der Waals surface area (Å²) >= 11 is 0. The summed E-state index contributed by atoms with van der Waals surface area (Å²) in [5.74, 6) is 0.686. The molecular formula is C19H24N2O4. The van der Waals surface area contributed by atoms with Crippen LogP contribution in [0.2, 0.25) is 0 Å². The minimum atomic E-state index is -0.456. The monoisotopic (exact) mass is 344 g/mol. The van der Waals surface area contributed by atoms with Crippen LogP contribution in [0.25, 0.3) is 0 Å². The van der Waals surface area contributed by atoms with E-state index in [4.69, 9.17) is 9.94 Å². The minimum absolute atomic E-state index is 0.0851. The Kier molecular flexibility index (Phi) is 7.40. The zero-order chi connectivity index (χ0) is 18.1. The van der Waals surface area contributed by atoms with Gasteiger partial charge in [-0.3, -0.25) is 10.0 Å². The molecule has 0 saturated carbocycles. The van der Waals surface area contributed by atoms with Gasteiger partial charge in [-0.25, -0.2) is 5.48 Å². The molecule has 6 nitrogen and oxygen atoms in total. The fourth-order valence-corrected chi connectivity index (χ4v) is 2.43. The lowest BCUT2D eigenvalue weighted by Gasteiger charge is -2.19. The fourth-order valence-electron chi connectivity index (χ4n) is 2.43. The number of rotatable bonds is 9. The van der Waals surface area contributed by atoms with Gasteiger partial charge in [0.25, 0.3) is 0 Å². The second-order valence-electron chi connectivity index (χ2n) is 5.93. The van der Waals surface area contributed by atoms with Gasteiger partial charge in [0.1, 0.15) is 11.5 Å². The molecule has 2 aromatic carbocycles. The lowest BCUT2D eigenvalue weighted by molar-refractivity contribution is -0.133. The van der Waals surface area contributed by atoms with Gasteiger partial charge in [0.05, 0.1) is 6.61 Å². The van der Waals surface area contributed by atoms with E-state index in [0.29, 0.717) is 13.0 Å². The van der Waals surface area contributed by atoms with Gasteiger partial charge in [0, 0.05) is 18.5 Å². The first-order valence-corrected chi connectivity index (χ1v) is 8.22. The van der Waals surface area contributed by atoms with E-state index in [0.717, 1.165) is 17.1 Å². The Hall–Kier alpha value is -2.41. The number of carbonyl (C=O) groups is 1. The molecule has 6 heteroatoms. The van der Waals surface area contributed by atoms with Gasteiger partial charge >= 0.3 is 0 Å². The summed E-state index contributed by atoms with van der Waals surface area (Å²) in [5, 5.41) is 21.3. The molecule has 0 heterocycles. The van der Waals surface area contributed by atoms with E-state index in [-0.39, 0.29) is 12.6 Å². The van der Waals surface area contributed by atoms with Crippen LogP contribution in [0.5, 0.6) is 11.5 Å². The van der Waals surface area contributed by atoms with Crippen molar-refractivity contribution in [2.24, 2.45) is 5.92 Å². The van der Waals surface area contributed by atoms with Crippen LogP contribution >= 0.6 is 0 Å². The number of amides is 1. The van der Waals surface area contributed by atoms with Crippen molar-refractivity contribution >= 4 is 5.91 Å². The van der Waals surface area contributed by atoms with Crippen LogP contribution in [-0.4, -0.2) is 28.9 Å². The van der Waals surface area contributed by atoms with Crippen LogP contribution in [0, 0.1) is 5.92 Å². The Bertz CT molecular complexity index is 646. The number of hydrogen-bond donors (Lipinski definition) is 4. The van der Waals surface area contributed by atoms with Gasteiger partial charge in [0.2, 0.25) is 5.91 Å². The predicted octanol–water partition coefficient (Wildman–Crippen LogP) is 2.46. The number of carbonyl (C=O) groups excluding carboxylic acids is 1. The normalized spacial score (nSPS) is 13.1. The van der Waals surface area contributed by atoms with Gasteiger partial charge in [-0.1, -0.05) is 37.3 Å². The first-order chi connectivity index (χ1) is 12.1. The predicted molar refractivity (Wildman–Crippen MR) is 94.4 cm³/mol. The van der Waals surface area contributed by atoms with E-state index < -0.39 is 11.8 Å². The number of benzene rings is 2. The Morgan fingerprint density at radius 3 is 2.32 bits per heavy atom. The maximum Gasteiger partial charge on any atom is 0.246 e. The number of aliphatic hydroxyl groups is 1. The number of nitrogens with one attached hydrogen (secondary N) is 2. The van der Waals surface area contributed by atoms with E-state index in [9.17, 15) is 9.90 Å². The molecule has 0 aromatic heterocycles. The van der Waals surface area contributed by atoms with Gasteiger partial charge in [-0.05, 0) is 36.2 Å². The number of ether oxygens (including phenoxy) is 1. The van der Waals surface area contributed by atoms with Gasteiger partial charge < -0.3 is 15.2 Å². The number of para-hydroxylation sites is 1. The lowest BCUT2D eigenvalue weighted by Crippen LogP contribution is -2.37. The third kappa shape index (κ3) is 6.19. The molecule has 0 radical (unpaired) electrons. The van der Waals surface area contributed by atoms with Crippen molar-refractivity contribution in [1.82, 2.24) is 10.8 Å². The Morgan fingerprint density at radius 2 is 1.72 bits per heavy atom. The third-order valence-corrected chi connectivity index (χ3v) is 3.91. The highest BCUT2D eigenvalue weighted by Crippen LogP contribution is 2.21. The Labute approximate surface area is 147 Å². The maximum absolute atomic E-state index is 11.3. The van der Waals surface area contributed by atoms with E-state index in [1.54, 1.807) is 12.4 Å². The molecule has 1 amide bonds.